The van der Waals surface area contributed by atoms with Crippen LogP contribution >= 0.6 is 0 Å². The summed E-state index contributed by atoms with van der Waals surface area (Å²) >= 11 is 0. The van der Waals surface area contributed by atoms with Gasteiger partial charge in [-0.1, -0.05) is 6.92 Å². The predicted octanol–water partition coefficient (Wildman–Crippen LogP) is -0.373. The molecular formula is C9H18N2O2. The number of nitrogens with one attached hydrogen (secondary N) is 2. The maximum Gasteiger partial charge on any atom is 0.234 e. The molecule has 0 aromatic heterocycles. The molecule has 4 heteroatoms. The summed E-state index contributed by atoms with van der Waals surface area (Å²) in [6, 6.07) is 0. The van der Waals surface area contributed by atoms with Gasteiger partial charge < -0.3 is 15.7 Å². The highest BCUT2D eigenvalue weighted by molar-refractivity contribution is 5.79. The van der Waals surface area contributed by atoms with Crippen LogP contribution in [0.5, 0.6) is 0 Å². The lowest BCUT2D eigenvalue weighted by atomic mass is 10.3. The van der Waals surface area contributed by atoms with Gasteiger partial charge in [0.15, 0.2) is 0 Å². The summed E-state index contributed by atoms with van der Waals surface area (Å²) in [5, 5.41) is 14.8. The topological polar surface area (TPSA) is 61.4 Å². The molecule has 1 amide bonds. The Morgan fingerprint density at radius 1 is 1.54 bits per heavy atom. The smallest absolute Gasteiger partial charge is 0.234 e. The molecule has 0 bridgehead atoms. The molecule has 1 aliphatic carbocycles. The fourth-order valence-corrected chi connectivity index (χ4v) is 1.19. The molecule has 0 saturated heterocycles. The SMILES string of the molecule is CCCNCC(=O)NC1(CO)CC1. The molecule has 0 aromatic rings. The van der Waals surface area contributed by atoms with E-state index in [4.69, 9.17) is 5.11 Å². The van der Waals surface area contributed by atoms with Crippen molar-refractivity contribution < 1.29 is 9.90 Å². The number of hydrogen-bond donors (Lipinski definition) is 3. The normalized spacial score (nSPS) is 18.3. The summed E-state index contributed by atoms with van der Waals surface area (Å²) < 4.78 is 0. The van der Waals surface area contributed by atoms with E-state index >= 15 is 0 Å². The van der Waals surface area contributed by atoms with Gasteiger partial charge in [0.1, 0.15) is 0 Å². The van der Waals surface area contributed by atoms with Crippen molar-refractivity contribution in [1.82, 2.24) is 10.6 Å². The Balaban J connectivity index is 2.11. The van der Waals surface area contributed by atoms with Crippen LogP contribution in [0.4, 0.5) is 0 Å². The molecule has 13 heavy (non-hydrogen) atoms. The van der Waals surface area contributed by atoms with Crippen LogP contribution in [0.2, 0.25) is 0 Å². The summed E-state index contributed by atoms with van der Waals surface area (Å²) in [6.07, 6.45) is 2.84. The first-order valence-corrected chi connectivity index (χ1v) is 4.85. The number of aliphatic hydroxyl groups is 1. The van der Waals surface area contributed by atoms with Crippen molar-refractivity contribution in [1.29, 1.82) is 0 Å². The number of hydrogen-bond acceptors (Lipinski definition) is 3. The summed E-state index contributed by atoms with van der Waals surface area (Å²) in [5.41, 5.74) is -0.273. The molecule has 1 aliphatic rings. The van der Waals surface area contributed by atoms with E-state index in [0.717, 1.165) is 25.8 Å². The molecule has 3 N–H and O–H groups in total. The molecule has 76 valence electrons. The van der Waals surface area contributed by atoms with Crippen molar-refractivity contribution in [2.45, 2.75) is 31.7 Å². The monoisotopic (exact) mass is 186 g/mol. The van der Waals surface area contributed by atoms with Crippen molar-refractivity contribution in [2.24, 2.45) is 0 Å². The third kappa shape index (κ3) is 3.32. The number of aliphatic hydroxyl groups excluding tert-OH is 1. The zero-order valence-electron chi connectivity index (χ0n) is 8.10. The lowest BCUT2D eigenvalue weighted by Crippen LogP contribution is -2.44. The zero-order chi connectivity index (χ0) is 9.73. The van der Waals surface area contributed by atoms with Gasteiger partial charge >= 0.3 is 0 Å². The highest BCUT2D eigenvalue weighted by Crippen LogP contribution is 2.34. The minimum atomic E-state index is -0.273. The van der Waals surface area contributed by atoms with Crippen LogP contribution in [0.3, 0.4) is 0 Å². The van der Waals surface area contributed by atoms with E-state index in [-0.39, 0.29) is 18.1 Å². The summed E-state index contributed by atoms with van der Waals surface area (Å²) in [5.74, 6) is -0.0139. The third-order valence-electron chi connectivity index (χ3n) is 2.27. The van der Waals surface area contributed by atoms with Gasteiger partial charge in [-0.3, -0.25) is 4.79 Å². The van der Waals surface area contributed by atoms with Crippen molar-refractivity contribution in [3.63, 3.8) is 0 Å². The van der Waals surface area contributed by atoms with Gasteiger partial charge in [-0.05, 0) is 25.8 Å². The first-order chi connectivity index (χ1) is 6.22. The molecular weight excluding hydrogens is 168 g/mol. The first-order valence-electron chi connectivity index (χ1n) is 4.85. The van der Waals surface area contributed by atoms with Crippen LogP contribution in [0, 0.1) is 0 Å². The van der Waals surface area contributed by atoms with Gasteiger partial charge in [-0.2, -0.15) is 0 Å². The van der Waals surface area contributed by atoms with E-state index in [2.05, 4.69) is 17.6 Å². The number of amides is 1. The first kappa shape index (κ1) is 10.5. The van der Waals surface area contributed by atoms with Crippen LogP contribution in [0.1, 0.15) is 26.2 Å². The van der Waals surface area contributed by atoms with Crippen LogP contribution in [-0.4, -0.2) is 36.2 Å². The van der Waals surface area contributed by atoms with Crippen LogP contribution in [0.25, 0.3) is 0 Å². The van der Waals surface area contributed by atoms with Crippen LogP contribution in [-0.2, 0) is 4.79 Å². The Labute approximate surface area is 78.7 Å². The van der Waals surface area contributed by atoms with Crippen molar-refractivity contribution in [3.8, 4) is 0 Å². The van der Waals surface area contributed by atoms with E-state index < -0.39 is 0 Å². The van der Waals surface area contributed by atoms with Crippen molar-refractivity contribution in [3.05, 3.63) is 0 Å². The van der Waals surface area contributed by atoms with Crippen LogP contribution < -0.4 is 10.6 Å². The third-order valence-corrected chi connectivity index (χ3v) is 2.27. The van der Waals surface area contributed by atoms with E-state index in [9.17, 15) is 4.79 Å². The molecule has 0 aliphatic heterocycles. The Hall–Kier alpha value is -0.610. The summed E-state index contributed by atoms with van der Waals surface area (Å²) in [4.78, 5) is 11.2. The van der Waals surface area contributed by atoms with Gasteiger partial charge in [-0.15, -0.1) is 0 Å². The predicted molar refractivity (Wildman–Crippen MR) is 50.4 cm³/mol. The van der Waals surface area contributed by atoms with Crippen molar-refractivity contribution >= 4 is 5.91 Å². The Kier molecular flexibility index (Phi) is 3.69. The molecule has 0 spiro atoms. The zero-order valence-corrected chi connectivity index (χ0v) is 8.10. The number of rotatable bonds is 6. The molecule has 0 aromatic carbocycles. The highest BCUT2D eigenvalue weighted by Gasteiger charge is 2.43. The fourth-order valence-electron chi connectivity index (χ4n) is 1.19. The molecule has 0 radical (unpaired) electrons. The Morgan fingerprint density at radius 3 is 2.69 bits per heavy atom. The summed E-state index contributed by atoms with van der Waals surface area (Å²) in [6.45, 7) is 3.34. The van der Waals surface area contributed by atoms with Crippen LogP contribution in [0.15, 0.2) is 0 Å². The number of carbonyl (C=O) groups excluding carboxylic acids is 1. The lowest BCUT2D eigenvalue weighted by molar-refractivity contribution is -0.121. The quantitative estimate of drug-likeness (QED) is 0.496. The average molecular weight is 186 g/mol. The standard InChI is InChI=1S/C9H18N2O2/c1-2-5-10-6-8(13)11-9(7-12)3-4-9/h10,12H,2-7H2,1H3,(H,11,13). The van der Waals surface area contributed by atoms with Gasteiger partial charge in [-0.25, -0.2) is 0 Å². The van der Waals surface area contributed by atoms with Gasteiger partial charge in [0.2, 0.25) is 5.91 Å². The molecule has 1 fully saturated rings. The average Bonchev–Trinajstić information content (AvgIpc) is 2.86. The minimum absolute atomic E-state index is 0.0139. The van der Waals surface area contributed by atoms with Crippen molar-refractivity contribution in [2.75, 3.05) is 19.7 Å². The molecule has 1 rings (SSSR count). The second-order valence-corrected chi connectivity index (χ2v) is 3.66. The minimum Gasteiger partial charge on any atom is -0.394 e. The molecule has 0 unspecified atom stereocenters. The van der Waals surface area contributed by atoms with Gasteiger partial charge in [0.25, 0.3) is 0 Å². The Morgan fingerprint density at radius 2 is 2.23 bits per heavy atom. The van der Waals surface area contributed by atoms with Gasteiger partial charge in [0.05, 0.1) is 18.7 Å². The van der Waals surface area contributed by atoms with Gasteiger partial charge in [0, 0.05) is 0 Å². The maximum absolute atomic E-state index is 11.2. The molecule has 0 atom stereocenters. The fraction of sp³-hybridized carbons (Fsp3) is 0.889. The maximum atomic E-state index is 11.2. The molecule has 1 saturated carbocycles. The molecule has 0 heterocycles. The lowest BCUT2D eigenvalue weighted by Gasteiger charge is -2.14. The van der Waals surface area contributed by atoms with E-state index in [0.29, 0.717) is 6.54 Å². The largest absolute Gasteiger partial charge is 0.394 e. The highest BCUT2D eigenvalue weighted by atomic mass is 16.3. The molecule has 4 nitrogen and oxygen atoms in total. The van der Waals surface area contributed by atoms with E-state index in [1.165, 1.54) is 0 Å². The Bertz CT molecular complexity index is 178. The second-order valence-electron chi connectivity index (χ2n) is 3.66. The second kappa shape index (κ2) is 4.58. The number of carbonyl (C=O) groups is 1. The summed E-state index contributed by atoms with van der Waals surface area (Å²) in [7, 11) is 0. The van der Waals surface area contributed by atoms with E-state index in [1.54, 1.807) is 0 Å². The van der Waals surface area contributed by atoms with E-state index in [1.807, 2.05) is 0 Å².